The van der Waals surface area contributed by atoms with Crippen molar-refractivity contribution in [3.63, 3.8) is 0 Å². The highest BCUT2D eigenvalue weighted by Gasteiger charge is 2.34. The van der Waals surface area contributed by atoms with Crippen LogP contribution in [0.4, 0.5) is 19.0 Å². The van der Waals surface area contributed by atoms with Gasteiger partial charge in [0.25, 0.3) is 0 Å². The number of aryl methyl sites for hydroxylation is 1. The summed E-state index contributed by atoms with van der Waals surface area (Å²) in [6, 6.07) is 1.79. The number of hydrogen-bond donors (Lipinski definition) is 0. The van der Waals surface area contributed by atoms with Gasteiger partial charge in [0.15, 0.2) is 17.3 Å². The molecule has 10 heteroatoms. The third-order valence-electron chi connectivity index (χ3n) is 4.52. The maximum Gasteiger partial charge on any atom is 0.451 e. The molecular formula is C19H20F3N5O2. The van der Waals surface area contributed by atoms with Crippen molar-refractivity contribution in [1.29, 1.82) is 0 Å². The van der Waals surface area contributed by atoms with Gasteiger partial charge in [-0.15, -0.1) is 0 Å². The van der Waals surface area contributed by atoms with E-state index in [0.717, 1.165) is 18.0 Å². The lowest BCUT2D eigenvalue weighted by Gasteiger charge is -2.35. The van der Waals surface area contributed by atoms with Gasteiger partial charge in [-0.3, -0.25) is 4.79 Å². The monoisotopic (exact) mass is 407 g/mol. The zero-order valence-corrected chi connectivity index (χ0v) is 15.8. The van der Waals surface area contributed by atoms with E-state index in [9.17, 15) is 18.0 Å². The maximum atomic E-state index is 12.7. The molecule has 0 radical (unpaired) electrons. The van der Waals surface area contributed by atoms with E-state index in [1.807, 2.05) is 11.8 Å². The van der Waals surface area contributed by atoms with Gasteiger partial charge in [0.2, 0.25) is 11.7 Å². The SMILES string of the molecule is C=CC(=O)N1CCN(c2nccc(CC)c2Oc2cnc(C(F)(F)F)nc2)CC1. The summed E-state index contributed by atoms with van der Waals surface area (Å²) >= 11 is 0. The van der Waals surface area contributed by atoms with E-state index in [1.165, 1.54) is 6.08 Å². The standard InChI is InChI=1S/C19H20F3N5O2/c1-3-13-5-6-23-17(27-9-7-26(8-10-27)15(28)4-2)16(13)29-14-11-24-18(25-12-14)19(20,21)22/h4-6,11-12H,2-3,7-10H2,1H3. The van der Waals surface area contributed by atoms with Crippen LogP contribution >= 0.6 is 0 Å². The van der Waals surface area contributed by atoms with Crippen LogP contribution in [0.1, 0.15) is 18.3 Å². The van der Waals surface area contributed by atoms with Crippen LogP contribution in [0.25, 0.3) is 0 Å². The van der Waals surface area contributed by atoms with Crippen molar-refractivity contribution < 1.29 is 22.7 Å². The molecule has 0 unspecified atom stereocenters. The summed E-state index contributed by atoms with van der Waals surface area (Å²) in [5.41, 5.74) is 0.847. The zero-order valence-electron chi connectivity index (χ0n) is 15.8. The van der Waals surface area contributed by atoms with E-state index in [0.29, 0.717) is 44.2 Å². The molecule has 2 aromatic rings. The molecule has 1 saturated heterocycles. The minimum absolute atomic E-state index is 0.0856. The van der Waals surface area contributed by atoms with Gasteiger partial charge in [0.05, 0.1) is 12.4 Å². The molecule has 0 atom stereocenters. The number of rotatable bonds is 5. The lowest BCUT2D eigenvalue weighted by atomic mass is 10.1. The number of hydrogen-bond acceptors (Lipinski definition) is 6. The first kappa shape index (κ1) is 20.6. The van der Waals surface area contributed by atoms with E-state index in [1.54, 1.807) is 17.2 Å². The molecule has 1 aliphatic rings. The number of alkyl halides is 3. The van der Waals surface area contributed by atoms with Crippen LogP contribution in [-0.4, -0.2) is 51.9 Å². The molecule has 154 valence electrons. The predicted octanol–water partition coefficient (Wildman–Crippen LogP) is 3.08. The number of amides is 1. The zero-order chi connectivity index (χ0) is 21.0. The highest BCUT2D eigenvalue weighted by Crippen LogP contribution is 2.35. The van der Waals surface area contributed by atoms with Crippen molar-refractivity contribution in [2.75, 3.05) is 31.1 Å². The van der Waals surface area contributed by atoms with Crippen molar-refractivity contribution in [2.24, 2.45) is 0 Å². The average Bonchev–Trinajstić information content (AvgIpc) is 2.73. The van der Waals surface area contributed by atoms with Gasteiger partial charge in [-0.25, -0.2) is 15.0 Å². The highest BCUT2D eigenvalue weighted by molar-refractivity contribution is 5.87. The van der Waals surface area contributed by atoms with E-state index in [-0.39, 0.29) is 11.7 Å². The Labute approximate surface area is 165 Å². The minimum atomic E-state index is -4.62. The van der Waals surface area contributed by atoms with E-state index in [2.05, 4.69) is 21.5 Å². The fourth-order valence-corrected chi connectivity index (χ4v) is 2.99. The number of anilines is 1. The first-order valence-electron chi connectivity index (χ1n) is 9.04. The number of carbonyl (C=O) groups is 1. The third kappa shape index (κ3) is 4.64. The number of carbonyl (C=O) groups excluding carboxylic acids is 1. The number of piperazine rings is 1. The number of nitrogens with zero attached hydrogens (tertiary/aromatic N) is 5. The quantitative estimate of drug-likeness (QED) is 0.710. The van der Waals surface area contributed by atoms with Gasteiger partial charge in [-0.2, -0.15) is 13.2 Å². The van der Waals surface area contributed by atoms with Crippen LogP contribution < -0.4 is 9.64 Å². The molecule has 0 aromatic carbocycles. The molecule has 1 amide bonds. The molecule has 3 rings (SSSR count). The van der Waals surface area contributed by atoms with Crippen LogP contribution in [0.15, 0.2) is 37.3 Å². The second-order valence-electron chi connectivity index (χ2n) is 6.34. The third-order valence-corrected chi connectivity index (χ3v) is 4.52. The summed E-state index contributed by atoms with van der Waals surface area (Å²) in [4.78, 5) is 26.5. The summed E-state index contributed by atoms with van der Waals surface area (Å²) in [7, 11) is 0. The van der Waals surface area contributed by atoms with Gasteiger partial charge >= 0.3 is 6.18 Å². The summed E-state index contributed by atoms with van der Waals surface area (Å²) in [6.07, 6.45) is 0.951. The molecule has 29 heavy (non-hydrogen) atoms. The molecule has 0 saturated carbocycles. The Morgan fingerprint density at radius 3 is 2.41 bits per heavy atom. The topological polar surface area (TPSA) is 71.5 Å². The van der Waals surface area contributed by atoms with Crippen molar-refractivity contribution in [3.8, 4) is 11.5 Å². The molecule has 7 nitrogen and oxygen atoms in total. The van der Waals surface area contributed by atoms with Crippen LogP contribution in [0.3, 0.4) is 0 Å². The number of ether oxygens (including phenoxy) is 1. The number of halogens is 3. The second kappa shape index (κ2) is 8.46. The lowest BCUT2D eigenvalue weighted by Crippen LogP contribution is -2.48. The molecule has 3 heterocycles. The summed E-state index contributed by atoms with van der Waals surface area (Å²) in [6.45, 7) is 7.53. The normalized spacial score (nSPS) is 14.6. The second-order valence-corrected chi connectivity index (χ2v) is 6.34. The Morgan fingerprint density at radius 1 is 1.21 bits per heavy atom. The van der Waals surface area contributed by atoms with Crippen LogP contribution in [0, 0.1) is 0 Å². The maximum absolute atomic E-state index is 12.7. The highest BCUT2D eigenvalue weighted by atomic mass is 19.4. The Morgan fingerprint density at radius 2 is 1.86 bits per heavy atom. The van der Waals surface area contributed by atoms with Gasteiger partial charge in [-0.1, -0.05) is 13.5 Å². The van der Waals surface area contributed by atoms with Gasteiger partial charge in [-0.05, 0) is 24.1 Å². The largest absolute Gasteiger partial charge is 0.451 e. The first-order valence-corrected chi connectivity index (χ1v) is 9.04. The Bertz CT molecular complexity index is 878. The van der Waals surface area contributed by atoms with Gasteiger partial charge in [0, 0.05) is 32.4 Å². The van der Waals surface area contributed by atoms with E-state index in [4.69, 9.17) is 4.74 Å². The minimum Gasteiger partial charge on any atom is -0.450 e. The van der Waals surface area contributed by atoms with Crippen molar-refractivity contribution in [3.05, 3.63) is 48.7 Å². The molecule has 2 aromatic heterocycles. The molecule has 0 bridgehead atoms. The van der Waals surface area contributed by atoms with Crippen molar-refractivity contribution in [1.82, 2.24) is 19.9 Å². The summed E-state index contributed by atoms with van der Waals surface area (Å²) in [5.74, 6) is -0.257. The van der Waals surface area contributed by atoms with Crippen LogP contribution in [-0.2, 0) is 17.4 Å². The first-order chi connectivity index (χ1) is 13.8. The summed E-state index contributed by atoms with van der Waals surface area (Å²) in [5, 5.41) is 0. The average molecular weight is 407 g/mol. The lowest BCUT2D eigenvalue weighted by molar-refractivity contribution is -0.145. The van der Waals surface area contributed by atoms with E-state index < -0.39 is 12.0 Å². The fourth-order valence-electron chi connectivity index (χ4n) is 2.99. The molecular weight excluding hydrogens is 387 g/mol. The van der Waals surface area contributed by atoms with Crippen molar-refractivity contribution in [2.45, 2.75) is 19.5 Å². The molecule has 1 aliphatic heterocycles. The van der Waals surface area contributed by atoms with E-state index >= 15 is 0 Å². The van der Waals surface area contributed by atoms with Crippen molar-refractivity contribution >= 4 is 11.7 Å². The van der Waals surface area contributed by atoms with Crippen LogP contribution in [0.2, 0.25) is 0 Å². The molecule has 1 fully saturated rings. The summed E-state index contributed by atoms with van der Waals surface area (Å²) < 4.78 is 43.9. The molecule has 0 N–H and O–H groups in total. The Balaban J connectivity index is 1.84. The smallest absolute Gasteiger partial charge is 0.450 e. The predicted molar refractivity (Wildman–Crippen MR) is 99.7 cm³/mol. The number of pyridine rings is 1. The molecule has 0 spiro atoms. The fraction of sp³-hybridized carbons (Fsp3) is 0.368. The Hall–Kier alpha value is -3.17. The van der Waals surface area contributed by atoms with Gasteiger partial charge < -0.3 is 14.5 Å². The molecule has 0 aliphatic carbocycles. The van der Waals surface area contributed by atoms with Crippen LogP contribution in [0.5, 0.6) is 11.5 Å². The number of aromatic nitrogens is 3. The Kier molecular flexibility index (Phi) is 6.00. The van der Waals surface area contributed by atoms with Gasteiger partial charge in [0.1, 0.15) is 0 Å².